The van der Waals surface area contributed by atoms with Crippen molar-refractivity contribution in [1.29, 1.82) is 5.26 Å². The van der Waals surface area contributed by atoms with Crippen molar-refractivity contribution in [3.63, 3.8) is 0 Å². The first kappa shape index (κ1) is 19.7. The number of likely N-dealkylation sites (N-methyl/N-ethyl adjacent to an activating group) is 1. The number of pyridine rings is 1. The van der Waals surface area contributed by atoms with E-state index in [0.29, 0.717) is 11.6 Å². The van der Waals surface area contributed by atoms with Crippen LogP contribution in [0, 0.1) is 11.3 Å². The molecule has 0 saturated carbocycles. The van der Waals surface area contributed by atoms with E-state index in [2.05, 4.69) is 63.1 Å². The molecule has 1 aromatic carbocycles. The maximum atomic E-state index is 9.10. The summed E-state index contributed by atoms with van der Waals surface area (Å²) in [5, 5.41) is 17.7. The van der Waals surface area contributed by atoms with Crippen LogP contribution in [0.15, 0.2) is 55.1 Å². The fraction of sp³-hybridized carbons (Fsp3) is 0.280. The molecule has 1 fully saturated rings. The van der Waals surface area contributed by atoms with Gasteiger partial charge in [0.25, 0.3) is 0 Å². The zero-order chi connectivity index (χ0) is 22.5. The Bertz CT molecular complexity index is 1370. The molecule has 8 nitrogen and oxygen atoms in total. The first-order valence-corrected chi connectivity index (χ1v) is 11.1. The third-order valence-corrected chi connectivity index (χ3v) is 6.79. The topological polar surface area (TPSA) is 78.8 Å². The molecule has 0 aliphatic carbocycles. The zero-order valence-electron chi connectivity index (χ0n) is 18.7. The number of nitrogens with zero attached hydrogens (tertiary/aromatic N) is 8. The van der Waals surface area contributed by atoms with Crippen LogP contribution in [0.2, 0.25) is 0 Å². The van der Waals surface area contributed by atoms with Crippen molar-refractivity contribution < 1.29 is 0 Å². The fourth-order valence-electron chi connectivity index (χ4n) is 4.86. The van der Waals surface area contributed by atoms with Gasteiger partial charge in [-0.25, -0.2) is 4.98 Å². The minimum atomic E-state index is 0.557. The van der Waals surface area contributed by atoms with E-state index in [1.165, 1.54) is 5.56 Å². The highest BCUT2D eigenvalue weighted by molar-refractivity contribution is 5.72. The number of anilines is 1. The molecule has 0 radical (unpaired) electrons. The Morgan fingerprint density at radius 2 is 1.97 bits per heavy atom. The van der Waals surface area contributed by atoms with Crippen LogP contribution in [0.4, 0.5) is 5.82 Å². The van der Waals surface area contributed by atoms with E-state index in [0.717, 1.165) is 60.2 Å². The lowest BCUT2D eigenvalue weighted by Gasteiger charge is -2.22. The number of hydrogen-bond acceptors (Lipinski definition) is 6. The van der Waals surface area contributed by atoms with Gasteiger partial charge >= 0.3 is 0 Å². The molecule has 2 aliphatic rings. The Hall–Kier alpha value is -3.96. The van der Waals surface area contributed by atoms with Crippen LogP contribution in [0.5, 0.6) is 0 Å². The van der Waals surface area contributed by atoms with Gasteiger partial charge in [0.1, 0.15) is 12.1 Å². The van der Waals surface area contributed by atoms with E-state index in [1.54, 1.807) is 6.33 Å². The van der Waals surface area contributed by atoms with E-state index >= 15 is 0 Å². The minimum absolute atomic E-state index is 0.557. The largest absolute Gasteiger partial charge is 0.355 e. The van der Waals surface area contributed by atoms with Crippen molar-refractivity contribution in [1.82, 2.24) is 29.2 Å². The first-order valence-electron chi connectivity index (χ1n) is 11.1. The average molecular weight is 437 g/mol. The van der Waals surface area contributed by atoms with Gasteiger partial charge in [-0.05, 0) is 50.3 Å². The van der Waals surface area contributed by atoms with Gasteiger partial charge in [-0.15, -0.1) is 10.2 Å². The molecule has 8 heteroatoms. The highest BCUT2D eigenvalue weighted by Crippen LogP contribution is 2.34. The van der Waals surface area contributed by atoms with Crippen LogP contribution in [0.3, 0.4) is 0 Å². The minimum Gasteiger partial charge on any atom is -0.355 e. The third kappa shape index (κ3) is 3.29. The molecule has 0 spiro atoms. The van der Waals surface area contributed by atoms with Crippen molar-refractivity contribution in [3.8, 4) is 34.4 Å². The highest BCUT2D eigenvalue weighted by atomic mass is 15.3. The van der Waals surface area contributed by atoms with E-state index in [-0.39, 0.29) is 0 Å². The molecular weight excluding hydrogens is 412 g/mol. The van der Waals surface area contributed by atoms with Crippen LogP contribution >= 0.6 is 0 Å². The predicted molar refractivity (Wildman–Crippen MR) is 126 cm³/mol. The molecule has 0 bridgehead atoms. The van der Waals surface area contributed by atoms with Gasteiger partial charge in [0, 0.05) is 43.0 Å². The molecule has 0 amide bonds. The number of hydrogen-bond donors (Lipinski definition) is 0. The molecule has 5 heterocycles. The Balaban J connectivity index is 1.40. The van der Waals surface area contributed by atoms with Crippen LogP contribution in [0.1, 0.15) is 17.5 Å². The molecule has 33 heavy (non-hydrogen) atoms. The van der Waals surface area contributed by atoms with Gasteiger partial charge in [-0.3, -0.25) is 4.57 Å². The summed E-state index contributed by atoms with van der Waals surface area (Å²) >= 11 is 0. The Kier molecular flexibility index (Phi) is 4.52. The van der Waals surface area contributed by atoms with Crippen molar-refractivity contribution in [3.05, 3.63) is 66.2 Å². The number of rotatable bonds is 3. The normalized spacial score (nSPS) is 16.8. The quantitative estimate of drug-likeness (QED) is 0.432. The molecule has 1 atom stereocenters. The molecular formula is C25H24N8. The third-order valence-electron chi connectivity index (χ3n) is 6.79. The SMILES string of the molecule is CN(C)[C@@H]1CCN(c2cc3c(cn2)-n2cnnc2-c2cc(-c4ccc(C#N)cc4)cn2C3)C1. The maximum absolute atomic E-state index is 9.10. The second-order valence-corrected chi connectivity index (χ2v) is 8.98. The molecule has 4 aromatic rings. The summed E-state index contributed by atoms with van der Waals surface area (Å²) in [6.07, 6.45) is 7.02. The highest BCUT2D eigenvalue weighted by Gasteiger charge is 2.27. The lowest BCUT2D eigenvalue weighted by molar-refractivity contribution is 0.315. The lowest BCUT2D eigenvalue weighted by Crippen LogP contribution is -2.31. The van der Waals surface area contributed by atoms with Crippen molar-refractivity contribution in [2.45, 2.75) is 19.0 Å². The maximum Gasteiger partial charge on any atom is 0.185 e. The molecule has 1 saturated heterocycles. The lowest BCUT2D eigenvalue weighted by atomic mass is 10.1. The summed E-state index contributed by atoms with van der Waals surface area (Å²) < 4.78 is 4.26. The molecule has 0 N–H and O–H groups in total. The molecule has 6 rings (SSSR count). The number of nitriles is 1. The Morgan fingerprint density at radius 1 is 1.12 bits per heavy atom. The van der Waals surface area contributed by atoms with Gasteiger partial charge in [0.2, 0.25) is 0 Å². The fourth-order valence-corrected chi connectivity index (χ4v) is 4.86. The van der Waals surface area contributed by atoms with Crippen molar-refractivity contribution >= 4 is 5.82 Å². The van der Waals surface area contributed by atoms with Gasteiger partial charge in [-0.2, -0.15) is 5.26 Å². The summed E-state index contributed by atoms with van der Waals surface area (Å²) in [7, 11) is 4.29. The molecule has 3 aromatic heterocycles. The average Bonchev–Trinajstić information content (AvgIpc) is 3.58. The summed E-state index contributed by atoms with van der Waals surface area (Å²) in [5.74, 6) is 1.83. The van der Waals surface area contributed by atoms with Crippen molar-refractivity contribution in [2.75, 3.05) is 32.1 Å². The van der Waals surface area contributed by atoms with Crippen LogP contribution < -0.4 is 4.90 Å². The summed E-state index contributed by atoms with van der Waals surface area (Å²) in [6, 6.07) is 14.8. The van der Waals surface area contributed by atoms with Crippen LogP contribution in [0.25, 0.3) is 28.3 Å². The zero-order valence-corrected chi connectivity index (χ0v) is 18.7. The summed E-state index contributed by atoms with van der Waals surface area (Å²) in [4.78, 5) is 9.48. The monoisotopic (exact) mass is 436 g/mol. The second kappa shape index (κ2) is 7.57. The summed E-state index contributed by atoms with van der Waals surface area (Å²) in [5.41, 5.74) is 6.05. The van der Waals surface area contributed by atoms with Gasteiger partial charge in [0.15, 0.2) is 5.82 Å². The number of fused-ring (bicyclic) bond motifs is 5. The molecule has 164 valence electrons. The van der Waals surface area contributed by atoms with E-state index in [4.69, 9.17) is 10.2 Å². The smallest absolute Gasteiger partial charge is 0.185 e. The van der Waals surface area contributed by atoms with Crippen LogP contribution in [-0.4, -0.2) is 62.4 Å². The van der Waals surface area contributed by atoms with Gasteiger partial charge in [0.05, 0.1) is 29.2 Å². The van der Waals surface area contributed by atoms with Crippen molar-refractivity contribution in [2.24, 2.45) is 0 Å². The Morgan fingerprint density at radius 3 is 2.73 bits per heavy atom. The first-order chi connectivity index (χ1) is 16.1. The molecule has 2 aliphatic heterocycles. The van der Waals surface area contributed by atoms with Gasteiger partial charge < -0.3 is 14.4 Å². The van der Waals surface area contributed by atoms with E-state index in [9.17, 15) is 0 Å². The number of aromatic nitrogens is 5. The molecule has 0 unspecified atom stereocenters. The predicted octanol–water partition coefficient (Wildman–Crippen LogP) is 3.17. The second-order valence-electron chi connectivity index (χ2n) is 8.98. The van der Waals surface area contributed by atoms with E-state index < -0.39 is 0 Å². The standard InChI is InChI=1S/C25H24N8/c1-30(2)21-7-8-31(15-21)24-10-20-14-32-13-19(18-5-3-17(11-26)4-6-18)9-22(32)25-29-28-16-33(25)23(20)12-27-24/h3-6,9-10,12-13,16,21H,7-8,14-15H2,1-2H3/t21-/m1/s1. The summed E-state index contributed by atoms with van der Waals surface area (Å²) in [6.45, 7) is 2.74. The number of benzene rings is 1. The van der Waals surface area contributed by atoms with E-state index in [1.807, 2.05) is 35.0 Å². The van der Waals surface area contributed by atoms with Crippen LogP contribution in [-0.2, 0) is 6.54 Å². The van der Waals surface area contributed by atoms with Gasteiger partial charge in [-0.1, -0.05) is 12.1 Å². The Labute approximate surface area is 192 Å².